The van der Waals surface area contributed by atoms with Gasteiger partial charge in [0, 0.05) is 6.04 Å². The van der Waals surface area contributed by atoms with Crippen LogP contribution in [0.15, 0.2) is 34.7 Å². The van der Waals surface area contributed by atoms with E-state index in [1.165, 1.54) is 48.8 Å². The highest BCUT2D eigenvalue weighted by Crippen LogP contribution is 2.49. The van der Waals surface area contributed by atoms with Crippen LogP contribution in [0.25, 0.3) is 5.69 Å². The Morgan fingerprint density at radius 2 is 2.19 bits per heavy atom. The summed E-state index contributed by atoms with van der Waals surface area (Å²) >= 11 is 8.33. The normalized spacial score (nSPS) is 25.3. The fourth-order valence-corrected chi connectivity index (χ4v) is 6.66. The average Bonchev–Trinajstić information content (AvgIpc) is 3.36. The molecule has 2 bridgehead atoms. The lowest BCUT2D eigenvalue weighted by molar-refractivity contribution is -0.119. The predicted molar refractivity (Wildman–Crippen MR) is 110 cm³/mol. The topological polar surface area (TPSA) is 46.9 Å². The second kappa shape index (κ2) is 7.82. The van der Waals surface area contributed by atoms with Gasteiger partial charge in [-0.25, -0.2) is 4.68 Å². The minimum absolute atomic E-state index is 0.0950. The van der Waals surface area contributed by atoms with Gasteiger partial charge in [-0.3, -0.25) is 4.79 Å². The first-order valence-corrected chi connectivity index (χ1v) is 11.4. The Morgan fingerprint density at radius 1 is 1.38 bits per heavy atom. The lowest BCUT2D eigenvalue weighted by Crippen LogP contribution is -2.40. The van der Waals surface area contributed by atoms with E-state index in [-0.39, 0.29) is 11.9 Å². The van der Waals surface area contributed by atoms with Crippen LogP contribution in [0.5, 0.6) is 0 Å². The first-order chi connectivity index (χ1) is 12.6. The molecule has 4 unspecified atom stereocenters. The number of carbonyl (C=O) groups excluding carboxylic acids is 1. The number of carbonyl (C=O) groups is 1. The molecule has 1 N–H and O–H groups in total. The SMILES string of the molecule is CC(NC(=O)CSc1nn(-c2ccccc2)c(=S)s1)C1CC2CCC1C2. The highest BCUT2D eigenvalue weighted by molar-refractivity contribution is 8.01. The third kappa shape index (κ3) is 3.89. The molecule has 0 spiro atoms. The third-order valence-corrected chi connectivity index (χ3v) is 8.05. The summed E-state index contributed by atoms with van der Waals surface area (Å²) in [4.78, 5) is 12.4. The molecular weight excluding hydrogens is 382 g/mol. The molecule has 1 aromatic heterocycles. The number of para-hydroxylation sites is 1. The van der Waals surface area contributed by atoms with E-state index in [0.717, 1.165) is 21.9 Å². The molecule has 1 aromatic carbocycles. The minimum atomic E-state index is 0.0950. The van der Waals surface area contributed by atoms with Crippen molar-refractivity contribution < 1.29 is 4.79 Å². The number of thioether (sulfide) groups is 1. The first-order valence-electron chi connectivity index (χ1n) is 9.18. The number of nitrogens with zero attached hydrogens (tertiary/aromatic N) is 2. The van der Waals surface area contributed by atoms with Gasteiger partial charge in [-0.15, -0.1) is 5.10 Å². The number of nitrogens with one attached hydrogen (secondary N) is 1. The number of rotatable bonds is 6. The van der Waals surface area contributed by atoms with Crippen LogP contribution in [0.4, 0.5) is 0 Å². The Hall–Kier alpha value is -1.18. The fourth-order valence-electron chi connectivity index (χ4n) is 4.49. The number of hydrogen-bond acceptors (Lipinski definition) is 5. The van der Waals surface area contributed by atoms with E-state index in [9.17, 15) is 4.79 Å². The van der Waals surface area contributed by atoms with Gasteiger partial charge in [-0.2, -0.15) is 0 Å². The Bertz CT molecular complexity index is 832. The number of amides is 1. The second-order valence-electron chi connectivity index (χ2n) is 7.36. The van der Waals surface area contributed by atoms with Crippen molar-refractivity contribution in [3.05, 3.63) is 34.3 Å². The summed E-state index contributed by atoms with van der Waals surface area (Å²) in [6.07, 6.45) is 5.42. The molecule has 2 fully saturated rings. The van der Waals surface area contributed by atoms with Crippen molar-refractivity contribution in [2.75, 3.05) is 5.75 Å². The molecule has 4 rings (SSSR count). The molecule has 0 aliphatic heterocycles. The summed E-state index contributed by atoms with van der Waals surface area (Å²) in [5.41, 5.74) is 0.954. The van der Waals surface area contributed by atoms with Crippen LogP contribution < -0.4 is 5.32 Å². The van der Waals surface area contributed by atoms with Gasteiger partial charge in [0.15, 0.2) is 8.29 Å². The van der Waals surface area contributed by atoms with Crippen molar-refractivity contribution >= 4 is 41.2 Å². The van der Waals surface area contributed by atoms with Crippen LogP contribution in [0, 0.1) is 21.7 Å². The maximum atomic E-state index is 12.4. The summed E-state index contributed by atoms with van der Waals surface area (Å²) in [7, 11) is 0. The van der Waals surface area contributed by atoms with E-state index >= 15 is 0 Å². The van der Waals surface area contributed by atoms with Gasteiger partial charge in [0.05, 0.1) is 11.4 Å². The molecule has 1 amide bonds. The van der Waals surface area contributed by atoms with Crippen molar-refractivity contribution in [1.82, 2.24) is 15.1 Å². The quantitative estimate of drug-likeness (QED) is 0.559. The Morgan fingerprint density at radius 3 is 2.88 bits per heavy atom. The summed E-state index contributed by atoms with van der Waals surface area (Å²) in [6.45, 7) is 2.17. The molecule has 26 heavy (non-hydrogen) atoms. The largest absolute Gasteiger partial charge is 0.353 e. The second-order valence-corrected chi connectivity index (χ2v) is 10.2. The molecule has 0 radical (unpaired) electrons. The molecule has 4 nitrogen and oxygen atoms in total. The third-order valence-electron chi connectivity index (χ3n) is 5.68. The molecule has 138 valence electrons. The molecule has 2 saturated carbocycles. The zero-order valence-corrected chi connectivity index (χ0v) is 17.2. The molecule has 7 heteroatoms. The predicted octanol–water partition coefficient (Wildman–Crippen LogP) is 4.70. The number of hydrogen-bond donors (Lipinski definition) is 1. The summed E-state index contributed by atoms with van der Waals surface area (Å²) in [5, 5.41) is 7.77. The Kier molecular flexibility index (Phi) is 5.47. The monoisotopic (exact) mass is 405 g/mol. The van der Waals surface area contributed by atoms with Gasteiger partial charge in [-0.05, 0) is 68.3 Å². The average molecular weight is 406 g/mol. The fraction of sp³-hybridized carbons (Fsp3) is 0.526. The number of aromatic nitrogens is 2. The van der Waals surface area contributed by atoms with Gasteiger partial charge in [0.2, 0.25) is 5.91 Å². The van der Waals surface area contributed by atoms with E-state index in [1.807, 2.05) is 30.3 Å². The van der Waals surface area contributed by atoms with Gasteiger partial charge >= 0.3 is 0 Å². The lowest BCUT2D eigenvalue weighted by atomic mass is 9.84. The van der Waals surface area contributed by atoms with Crippen molar-refractivity contribution in [1.29, 1.82) is 0 Å². The summed E-state index contributed by atoms with van der Waals surface area (Å²) in [5.74, 6) is 2.89. The van der Waals surface area contributed by atoms with Crippen LogP contribution in [0.3, 0.4) is 0 Å². The molecular formula is C19H23N3OS3. The lowest BCUT2D eigenvalue weighted by Gasteiger charge is -2.28. The van der Waals surface area contributed by atoms with E-state index in [1.54, 1.807) is 4.68 Å². The Labute approximate surface area is 167 Å². The van der Waals surface area contributed by atoms with Crippen molar-refractivity contribution in [2.45, 2.75) is 43.0 Å². The van der Waals surface area contributed by atoms with Crippen LogP contribution in [0.1, 0.15) is 32.6 Å². The molecule has 2 aliphatic rings. The maximum Gasteiger partial charge on any atom is 0.230 e. The van der Waals surface area contributed by atoms with Crippen molar-refractivity contribution in [2.24, 2.45) is 17.8 Å². The Balaban J connectivity index is 1.31. The van der Waals surface area contributed by atoms with E-state index in [2.05, 4.69) is 17.3 Å². The van der Waals surface area contributed by atoms with Crippen molar-refractivity contribution in [3.8, 4) is 5.69 Å². The summed E-state index contributed by atoms with van der Waals surface area (Å²) in [6, 6.07) is 10.1. The molecule has 4 atom stereocenters. The molecule has 2 aromatic rings. The van der Waals surface area contributed by atoms with Crippen molar-refractivity contribution in [3.63, 3.8) is 0 Å². The van der Waals surface area contributed by atoms with Gasteiger partial charge in [0.25, 0.3) is 0 Å². The van der Waals surface area contributed by atoms with Gasteiger partial charge < -0.3 is 5.32 Å². The van der Waals surface area contributed by atoms with E-state index in [0.29, 0.717) is 15.6 Å². The molecule has 1 heterocycles. The van der Waals surface area contributed by atoms with Crippen LogP contribution in [-0.2, 0) is 4.79 Å². The van der Waals surface area contributed by atoms with Gasteiger partial charge in [0.1, 0.15) is 0 Å². The van der Waals surface area contributed by atoms with Crippen LogP contribution >= 0.6 is 35.3 Å². The standard InChI is InChI=1S/C19H23N3OS3/c1-12(16-10-13-7-8-14(16)9-13)20-17(23)11-25-18-21-22(19(24)26-18)15-5-3-2-4-6-15/h2-6,12-14,16H,7-11H2,1H3,(H,20,23). The van der Waals surface area contributed by atoms with Crippen LogP contribution in [-0.4, -0.2) is 27.5 Å². The number of benzene rings is 1. The highest BCUT2D eigenvalue weighted by atomic mass is 32.2. The van der Waals surface area contributed by atoms with Crippen LogP contribution in [0.2, 0.25) is 0 Å². The maximum absolute atomic E-state index is 12.4. The number of fused-ring (bicyclic) bond motifs is 2. The smallest absolute Gasteiger partial charge is 0.230 e. The summed E-state index contributed by atoms with van der Waals surface area (Å²) < 4.78 is 3.30. The zero-order valence-electron chi connectivity index (χ0n) is 14.8. The zero-order chi connectivity index (χ0) is 18.1. The van der Waals surface area contributed by atoms with E-state index in [4.69, 9.17) is 12.2 Å². The molecule has 0 saturated heterocycles. The first kappa shape index (κ1) is 18.2. The molecule has 2 aliphatic carbocycles. The van der Waals surface area contributed by atoms with Gasteiger partial charge in [-0.1, -0.05) is 47.7 Å². The highest BCUT2D eigenvalue weighted by Gasteiger charge is 2.42. The minimum Gasteiger partial charge on any atom is -0.353 e. The van der Waals surface area contributed by atoms with E-state index < -0.39 is 0 Å².